The van der Waals surface area contributed by atoms with Crippen LogP contribution in [0.2, 0.25) is 0 Å². The van der Waals surface area contributed by atoms with Crippen LogP contribution in [0, 0.1) is 5.82 Å². The number of hydrogen-bond donors (Lipinski definition) is 1. The fourth-order valence-electron chi connectivity index (χ4n) is 1.91. The molecule has 0 fully saturated rings. The van der Waals surface area contributed by atoms with Crippen molar-refractivity contribution in [2.75, 3.05) is 12.4 Å². The fourth-order valence-corrected chi connectivity index (χ4v) is 1.91. The average Bonchev–Trinajstić information content (AvgIpc) is 2.48. The summed E-state index contributed by atoms with van der Waals surface area (Å²) in [7, 11) is 1.35. The van der Waals surface area contributed by atoms with E-state index in [4.69, 9.17) is 0 Å². The van der Waals surface area contributed by atoms with Crippen LogP contribution in [0.1, 0.15) is 28.9 Å². The molecule has 2 rings (SSSR count). The van der Waals surface area contributed by atoms with Gasteiger partial charge in [-0.05, 0) is 48.9 Å². The summed E-state index contributed by atoms with van der Waals surface area (Å²) in [6.45, 7) is 1.99. The largest absolute Gasteiger partial charge is 0.465 e. The van der Waals surface area contributed by atoms with Gasteiger partial charge in [-0.2, -0.15) is 0 Å². The molecule has 4 heteroatoms. The van der Waals surface area contributed by atoms with E-state index in [-0.39, 0.29) is 17.8 Å². The molecule has 3 nitrogen and oxygen atoms in total. The molecule has 0 bridgehead atoms. The lowest BCUT2D eigenvalue weighted by Crippen LogP contribution is -2.07. The highest BCUT2D eigenvalue weighted by atomic mass is 19.1. The van der Waals surface area contributed by atoms with E-state index in [1.165, 1.54) is 19.2 Å². The topological polar surface area (TPSA) is 38.3 Å². The molecule has 2 aromatic carbocycles. The number of anilines is 1. The molecular formula is C16H16FNO2. The summed E-state index contributed by atoms with van der Waals surface area (Å²) in [6.07, 6.45) is 0. The number of rotatable bonds is 4. The van der Waals surface area contributed by atoms with Crippen molar-refractivity contribution in [1.82, 2.24) is 0 Å². The molecule has 0 aromatic heterocycles. The predicted octanol–water partition coefficient (Wildman–Crippen LogP) is 3.79. The van der Waals surface area contributed by atoms with Crippen molar-refractivity contribution in [1.29, 1.82) is 0 Å². The van der Waals surface area contributed by atoms with Crippen LogP contribution in [0.4, 0.5) is 10.1 Å². The molecule has 0 saturated heterocycles. The van der Waals surface area contributed by atoms with Crippen molar-refractivity contribution >= 4 is 11.7 Å². The summed E-state index contributed by atoms with van der Waals surface area (Å²) in [5, 5.41) is 3.29. The van der Waals surface area contributed by atoms with Crippen molar-refractivity contribution in [3.8, 4) is 0 Å². The zero-order valence-corrected chi connectivity index (χ0v) is 11.4. The van der Waals surface area contributed by atoms with E-state index in [0.717, 1.165) is 11.3 Å². The number of nitrogens with one attached hydrogen (secondary N) is 1. The third kappa shape index (κ3) is 3.35. The number of esters is 1. The number of benzene rings is 2. The first kappa shape index (κ1) is 14.1. The van der Waals surface area contributed by atoms with Crippen molar-refractivity contribution < 1.29 is 13.9 Å². The molecule has 0 amide bonds. The maximum atomic E-state index is 12.9. The van der Waals surface area contributed by atoms with Crippen molar-refractivity contribution in [2.45, 2.75) is 13.0 Å². The number of methoxy groups -OCH3 is 1. The van der Waals surface area contributed by atoms with Gasteiger partial charge < -0.3 is 10.1 Å². The number of carbonyl (C=O) groups excluding carboxylic acids is 1. The van der Waals surface area contributed by atoms with Gasteiger partial charge in [0.2, 0.25) is 0 Å². The van der Waals surface area contributed by atoms with E-state index in [1.807, 2.05) is 19.1 Å². The van der Waals surface area contributed by atoms with Crippen LogP contribution in [0.15, 0.2) is 48.5 Å². The third-order valence-electron chi connectivity index (χ3n) is 3.06. The second kappa shape index (κ2) is 6.19. The molecule has 0 aliphatic carbocycles. The van der Waals surface area contributed by atoms with Crippen molar-refractivity contribution in [3.63, 3.8) is 0 Å². The summed E-state index contributed by atoms with van der Waals surface area (Å²) >= 11 is 0. The standard InChI is InChI=1S/C16H16FNO2/c1-11(12-3-7-14(17)8-4-12)18-15-9-5-13(6-10-15)16(19)20-2/h3-11,18H,1-2H3. The Morgan fingerprint density at radius 1 is 1.10 bits per heavy atom. The number of halogens is 1. The zero-order valence-electron chi connectivity index (χ0n) is 11.4. The Labute approximate surface area is 117 Å². The lowest BCUT2D eigenvalue weighted by atomic mass is 10.1. The minimum atomic E-state index is -0.358. The molecule has 0 aliphatic rings. The predicted molar refractivity (Wildman–Crippen MR) is 76.2 cm³/mol. The van der Waals surface area contributed by atoms with E-state index in [2.05, 4.69) is 10.1 Å². The second-order valence-electron chi connectivity index (χ2n) is 4.49. The van der Waals surface area contributed by atoms with Crippen molar-refractivity contribution in [3.05, 3.63) is 65.5 Å². The molecule has 0 saturated carbocycles. The summed E-state index contributed by atoms with van der Waals surface area (Å²) in [5.74, 6) is -0.605. The van der Waals surface area contributed by atoms with E-state index in [9.17, 15) is 9.18 Å². The van der Waals surface area contributed by atoms with Crippen LogP contribution < -0.4 is 5.32 Å². The van der Waals surface area contributed by atoms with Crippen LogP contribution >= 0.6 is 0 Å². The van der Waals surface area contributed by atoms with Crippen LogP contribution in [0.25, 0.3) is 0 Å². The van der Waals surface area contributed by atoms with Crippen LogP contribution in [-0.4, -0.2) is 13.1 Å². The number of carbonyl (C=O) groups is 1. The first-order valence-corrected chi connectivity index (χ1v) is 6.30. The van der Waals surface area contributed by atoms with Gasteiger partial charge in [-0.25, -0.2) is 9.18 Å². The normalized spacial score (nSPS) is 11.8. The highest BCUT2D eigenvalue weighted by Gasteiger charge is 2.07. The lowest BCUT2D eigenvalue weighted by molar-refractivity contribution is 0.0601. The van der Waals surface area contributed by atoms with Gasteiger partial charge in [0, 0.05) is 11.7 Å². The molecule has 1 N–H and O–H groups in total. The van der Waals surface area contributed by atoms with Gasteiger partial charge in [0.15, 0.2) is 0 Å². The van der Waals surface area contributed by atoms with Gasteiger partial charge in [-0.15, -0.1) is 0 Å². The maximum absolute atomic E-state index is 12.9. The monoisotopic (exact) mass is 273 g/mol. The minimum absolute atomic E-state index is 0.0413. The average molecular weight is 273 g/mol. The molecular weight excluding hydrogens is 257 g/mol. The molecule has 1 atom stereocenters. The SMILES string of the molecule is COC(=O)c1ccc(NC(C)c2ccc(F)cc2)cc1. The summed E-state index contributed by atoms with van der Waals surface area (Å²) in [5.41, 5.74) is 2.38. The molecule has 0 heterocycles. The van der Waals surface area contributed by atoms with E-state index in [1.54, 1.807) is 24.3 Å². The Kier molecular flexibility index (Phi) is 4.35. The second-order valence-corrected chi connectivity index (χ2v) is 4.49. The first-order valence-electron chi connectivity index (χ1n) is 6.30. The van der Waals surface area contributed by atoms with Gasteiger partial charge in [0.25, 0.3) is 0 Å². The van der Waals surface area contributed by atoms with Crippen LogP contribution in [0.3, 0.4) is 0 Å². The Bertz CT molecular complexity index is 578. The molecule has 0 radical (unpaired) electrons. The van der Waals surface area contributed by atoms with Gasteiger partial charge in [-0.1, -0.05) is 12.1 Å². The highest BCUT2D eigenvalue weighted by molar-refractivity contribution is 5.89. The summed E-state index contributed by atoms with van der Waals surface area (Å²) in [4.78, 5) is 11.3. The lowest BCUT2D eigenvalue weighted by Gasteiger charge is -2.16. The molecule has 0 aliphatic heterocycles. The Balaban J connectivity index is 2.06. The third-order valence-corrected chi connectivity index (χ3v) is 3.06. The molecule has 20 heavy (non-hydrogen) atoms. The Morgan fingerprint density at radius 3 is 2.25 bits per heavy atom. The number of hydrogen-bond acceptors (Lipinski definition) is 3. The Hall–Kier alpha value is -2.36. The van der Waals surface area contributed by atoms with Gasteiger partial charge in [0.1, 0.15) is 5.82 Å². The van der Waals surface area contributed by atoms with Gasteiger partial charge >= 0.3 is 5.97 Å². The molecule has 0 spiro atoms. The van der Waals surface area contributed by atoms with E-state index >= 15 is 0 Å². The van der Waals surface area contributed by atoms with Gasteiger partial charge in [0.05, 0.1) is 12.7 Å². The van der Waals surface area contributed by atoms with Crippen molar-refractivity contribution in [2.24, 2.45) is 0 Å². The van der Waals surface area contributed by atoms with Gasteiger partial charge in [-0.3, -0.25) is 0 Å². The Morgan fingerprint density at radius 2 is 1.70 bits per heavy atom. The quantitative estimate of drug-likeness (QED) is 0.861. The molecule has 1 unspecified atom stereocenters. The minimum Gasteiger partial charge on any atom is -0.465 e. The summed E-state index contributed by atoms with van der Waals surface area (Å²) < 4.78 is 17.5. The number of ether oxygens (including phenoxy) is 1. The highest BCUT2D eigenvalue weighted by Crippen LogP contribution is 2.20. The smallest absolute Gasteiger partial charge is 0.337 e. The molecule has 2 aromatic rings. The zero-order chi connectivity index (χ0) is 14.5. The summed E-state index contributed by atoms with van der Waals surface area (Å²) in [6, 6.07) is 13.4. The maximum Gasteiger partial charge on any atom is 0.337 e. The van der Waals surface area contributed by atoms with Crippen LogP contribution in [0.5, 0.6) is 0 Å². The van der Waals surface area contributed by atoms with E-state index < -0.39 is 0 Å². The van der Waals surface area contributed by atoms with Crippen LogP contribution in [-0.2, 0) is 4.74 Å². The first-order chi connectivity index (χ1) is 9.60. The molecule has 104 valence electrons. The van der Waals surface area contributed by atoms with E-state index in [0.29, 0.717) is 5.56 Å². The fraction of sp³-hybridized carbons (Fsp3) is 0.188.